The number of likely N-dealkylation sites (N-methyl/N-ethyl adjacent to an activating group) is 1. The molecule has 1 N–H and O–H groups in total. The molecule has 0 aromatic rings. The van der Waals surface area contributed by atoms with Gasteiger partial charge in [0.25, 0.3) is 0 Å². The fourth-order valence-electron chi connectivity index (χ4n) is 6.31. The van der Waals surface area contributed by atoms with Gasteiger partial charge in [-0.2, -0.15) is 0 Å². The summed E-state index contributed by atoms with van der Waals surface area (Å²) in [6, 6.07) is 0. The first-order valence-electron chi connectivity index (χ1n) is 22.4. The third-order valence-corrected chi connectivity index (χ3v) is 10.8. The van der Waals surface area contributed by atoms with Gasteiger partial charge in [0.15, 0.2) is 0 Å². The molecule has 2 atom stereocenters. The van der Waals surface area contributed by atoms with Crippen molar-refractivity contribution in [3.8, 4) is 0 Å². The summed E-state index contributed by atoms with van der Waals surface area (Å²) in [5.74, 6) is -0.319. The van der Waals surface area contributed by atoms with Gasteiger partial charge >= 0.3 is 13.8 Å². The van der Waals surface area contributed by atoms with Crippen LogP contribution in [-0.2, 0) is 27.9 Å². The first-order chi connectivity index (χ1) is 25.6. The second-order valence-electron chi connectivity index (χ2n) is 16.4. The number of nitrogens with zero attached hydrogens (tertiary/aromatic N) is 1. The number of rotatable bonds is 42. The Balaban J connectivity index is 4.21. The Kier molecular flexibility index (Phi) is 37.6. The first kappa shape index (κ1) is 52.2. The molecule has 0 aliphatic heterocycles. The zero-order valence-corrected chi connectivity index (χ0v) is 36.7. The average molecular weight is 775 g/mol. The van der Waals surface area contributed by atoms with Gasteiger partial charge in [0, 0.05) is 13.0 Å². The molecular weight excluding hydrogens is 685 g/mol. The van der Waals surface area contributed by atoms with E-state index in [9.17, 15) is 14.3 Å². The van der Waals surface area contributed by atoms with Crippen molar-refractivity contribution in [3.05, 3.63) is 12.2 Å². The van der Waals surface area contributed by atoms with E-state index in [4.69, 9.17) is 18.5 Å². The average Bonchev–Trinajstić information content (AvgIpc) is 3.11. The van der Waals surface area contributed by atoms with Crippen LogP contribution in [0.3, 0.4) is 0 Å². The molecule has 0 rings (SSSR count). The van der Waals surface area contributed by atoms with Crippen molar-refractivity contribution in [2.45, 2.75) is 213 Å². The van der Waals surface area contributed by atoms with Crippen LogP contribution in [0.1, 0.15) is 206 Å². The van der Waals surface area contributed by atoms with E-state index in [2.05, 4.69) is 26.0 Å². The molecule has 0 spiro atoms. The number of ether oxygens (including phenoxy) is 2. The second kappa shape index (κ2) is 38.1. The summed E-state index contributed by atoms with van der Waals surface area (Å²) in [5.41, 5.74) is 0. The molecule has 0 aromatic carbocycles. The van der Waals surface area contributed by atoms with Gasteiger partial charge in [0.2, 0.25) is 0 Å². The van der Waals surface area contributed by atoms with Gasteiger partial charge in [-0.05, 0) is 38.5 Å². The maximum Gasteiger partial charge on any atom is 0.472 e. The molecule has 8 nitrogen and oxygen atoms in total. The van der Waals surface area contributed by atoms with Gasteiger partial charge in [0.05, 0.1) is 34.4 Å². The first-order valence-corrected chi connectivity index (χ1v) is 23.9. The minimum absolute atomic E-state index is 0.0902. The van der Waals surface area contributed by atoms with Crippen molar-refractivity contribution in [1.82, 2.24) is 0 Å². The summed E-state index contributed by atoms with van der Waals surface area (Å²) < 4.78 is 35.0. The Morgan fingerprint density at radius 2 is 0.981 bits per heavy atom. The Hall–Kier alpha value is -0.760. The van der Waals surface area contributed by atoms with Gasteiger partial charge < -0.3 is 18.9 Å². The van der Waals surface area contributed by atoms with Crippen molar-refractivity contribution >= 4 is 13.8 Å². The number of hydrogen-bond donors (Lipinski definition) is 1. The van der Waals surface area contributed by atoms with E-state index in [1.54, 1.807) is 0 Å². The van der Waals surface area contributed by atoms with E-state index < -0.39 is 13.9 Å². The summed E-state index contributed by atoms with van der Waals surface area (Å²) in [4.78, 5) is 22.9. The summed E-state index contributed by atoms with van der Waals surface area (Å²) in [7, 11) is 1.67. The van der Waals surface area contributed by atoms with Crippen LogP contribution >= 0.6 is 7.82 Å². The van der Waals surface area contributed by atoms with E-state index in [0.29, 0.717) is 24.1 Å². The summed E-state index contributed by atoms with van der Waals surface area (Å²) >= 11 is 0. The van der Waals surface area contributed by atoms with E-state index in [-0.39, 0.29) is 25.8 Å². The van der Waals surface area contributed by atoms with Crippen molar-refractivity contribution in [2.75, 3.05) is 54.1 Å². The molecule has 0 fully saturated rings. The highest BCUT2D eigenvalue weighted by Gasteiger charge is 2.26. The molecule has 2 unspecified atom stereocenters. The number of unbranched alkanes of at least 4 members (excludes halogenated alkanes) is 26. The Morgan fingerprint density at radius 3 is 1.43 bits per heavy atom. The van der Waals surface area contributed by atoms with Crippen molar-refractivity contribution in [1.29, 1.82) is 0 Å². The monoisotopic (exact) mass is 775 g/mol. The normalized spacial score (nSPS) is 13.8. The largest absolute Gasteiger partial charge is 0.472 e. The van der Waals surface area contributed by atoms with Gasteiger partial charge in [-0.3, -0.25) is 13.8 Å². The fraction of sp³-hybridized carbons (Fsp3) is 0.932. The number of phosphoric acid groups is 1. The van der Waals surface area contributed by atoms with E-state index in [1.807, 2.05) is 21.1 Å². The van der Waals surface area contributed by atoms with Crippen LogP contribution in [0.15, 0.2) is 12.2 Å². The number of hydrogen-bond acceptors (Lipinski definition) is 6. The standard InChI is InChI=1S/C44H88NO7P/c1-6-8-10-12-14-16-18-20-22-24-26-28-30-32-34-36-39-49-41-43(42-51-53(47,48)50-40-38-45(3,4)5)52-44(46)37-35-33-31-29-27-25-23-21-19-17-15-13-11-9-7-2/h21,23,43H,6-20,22,24-42H2,1-5H3/p+1/b23-21-. The van der Waals surface area contributed by atoms with Gasteiger partial charge in [-0.15, -0.1) is 0 Å². The van der Waals surface area contributed by atoms with Crippen LogP contribution < -0.4 is 0 Å². The molecule has 0 aliphatic carbocycles. The van der Waals surface area contributed by atoms with E-state index in [0.717, 1.165) is 38.5 Å². The highest BCUT2D eigenvalue weighted by atomic mass is 31.2. The van der Waals surface area contributed by atoms with Crippen LogP contribution in [0, 0.1) is 0 Å². The number of quaternary nitrogens is 1. The molecule has 9 heteroatoms. The lowest BCUT2D eigenvalue weighted by atomic mass is 10.0. The van der Waals surface area contributed by atoms with Crippen LogP contribution in [0.25, 0.3) is 0 Å². The number of esters is 1. The van der Waals surface area contributed by atoms with E-state index >= 15 is 0 Å². The Morgan fingerprint density at radius 1 is 0.566 bits per heavy atom. The van der Waals surface area contributed by atoms with Crippen LogP contribution in [0.4, 0.5) is 0 Å². The predicted molar refractivity (Wildman–Crippen MR) is 224 cm³/mol. The van der Waals surface area contributed by atoms with Gasteiger partial charge in [-0.25, -0.2) is 4.57 Å². The van der Waals surface area contributed by atoms with Crippen molar-refractivity contribution in [2.24, 2.45) is 0 Å². The molecule has 0 aromatic heterocycles. The van der Waals surface area contributed by atoms with Crippen LogP contribution in [0.5, 0.6) is 0 Å². The third-order valence-electron chi connectivity index (χ3n) is 9.83. The molecule has 53 heavy (non-hydrogen) atoms. The summed E-state index contributed by atoms with van der Waals surface area (Å²) in [5, 5.41) is 0. The maximum atomic E-state index is 12.7. The van der Waals surface area contributed by atoms with Crippen molar-refractivity contribution in [3.63, 3.8) is 0 Å². The number of phosphoric ester groups is 1. The quantitative estimate of drug-likeness (QED) is 0.0217. The molecule has 0 amide bonds. The molecular formula is C44H89NO7P+. The molecule has 0 saturated heterocycles. The molecule has 316 valence electrons. The Labute approximate surface area is 329 Å². The van der Waals surface area contributed by atoms with Crippen molar-refractivity contribution < 1.29 is 37.3 Å². The summed E-state index contributed by atoms with van der Waals surface area (Å²) in [6.07, 6.45) is 40.9. The highest BCUT2D eigenvalue weighted by Crippen LogP contribution is 2.43. The zero-order valence-electron chi connectivity index (χ0n) is 35.8. The lowest BCUT2D eigenvalue weighted by Crippen LogP contribution is -2.37. The second-order valence-corrected chi connectivity index (χ2v) is 17.9. The minimum atomic E-state index is -4.27. The van der Waals surface area contributed by atoms with E-state index in [1.165, 1.54) is 148 Å². The lowest BCUT2D eigenvalue weighted by molar-refractivity contribution is -0.870. The fourth-order valence-corrected chi connectivity index (χ4v) is 7.05. The molecule has 0 aliphatic rings. The number of carbonyl (C=O) groups is 1. The maximum absolute atomic E-state index is 12.7. The van der Waals surface area contributed by atoms with Gasteiger partial charge in [-0.1, -0.05) is 174 Å². The smallest absolute Gasteiger partial charge is 0.457 e. The number of carbonyl (C=O) groups excluding carboxylic acids is 1. The molecule has 0 saturated carbocycles. The Bertz CT molecular complexity index is 863. The molecule has 0 radical (unpaired) electrons. The van der Waals surface area contributed by atoms with Crippen LogP contribution in [-0.4, -0.2) is 75.6 Å². The minimum Gasteiger partial charge on any atom is -0.457 e. The van der Waals surface area contributed by atoms with Crippen LogP contribution in [0.2, 0.25) is 0 Å². The van der Waals surface area contributed by atoms with Gasteiger partial charge in [0.1, 0.15) is 19.3 Å². The lowest BCUT2D eigenvalue weighted by Gasteiger charge is -2.24. The predicted octanol–water partition coefficient (Wildman–Crippen LogP) is 13.1. The molecule has 0 bridgehead atoms. The number of allylic oxidation sites excluding steroid dienone is 2. The summed E-state index contributed by atoms with van der Waals surface area (Å²) in [6.45, 7) is 5.65. The zero-order chi connectivity index (χ0) is 39.1. The third kappa shape index (κ3) is 42.2. The molecule has 0 heterocycles. The highest BCUT2D eigenvalue weighted by molar-refractivity contribution is 7.47. The topological polar surface area (TPSA) is 91.3 Å². The SMILES string of the molecule is CCCCCCCC/C=C\CCCCCCCC(=O)OC(COCCCCCCCCCCCCCCCCCC)COP(=O)(O)OCC[N+](C)(C)C.